The van der Waals surface area contributed by atoms with Crippen LogP contribution in [0.1, 0.15) is 15.9 Å². The summed E-state index contributed by atoms with van der Waals surface area (Å²) in [6.45, 7) is 1.94. The fourth-order valence-electron chi connectivity index (χ4n) is 2.11. The molecule has 0 spiro atoms. The van der Waals surface area contributed by atoms with Gasteiger partial charge >= 0.3 is 0 Å². The standard InChI is InChI=1S/C18H18ClNO3/c1-12-5-4-6-15(19)18(12)20-10-9-16(21)14-11-13(22-2)7-8-17(14)23-3/h4-11,20H,1-3H3. The Labute approximate surface area is 140 Å². The van der Waals surface area contributed by atoms with Gasteiger partial charge < -0.3 is 14.8 Å². The molecule has 0 amide bonds. The number of nitrogens with one attached hydrogen (secondary N) is 1. The van der Waals surface area contributed by atoms with Gasteiger partial charge in [-0.1, -0.05) is 23.7 Å². The second-order valence-corrected chi connectivity index (χ2v) is 5.25. The highest BCUT2D eigenvalue weighted by atomic mass is 35.5. The monoisotopic (exact) mass is 331 g/mol. The molecule has 0 saturated carbocycles. The van der Waals surface area contributed by atoms with E-state index >= 15 is 0 Å². The molecule has 0 saturated heterocycles. The smallest absolute Gasteiger partial charge is 0.191 e. The highest BCUT2D eigenvalue weighted by molar-refractivity contribution is 6.33. The number of hydrogen-bond acceptors (Lipinski definition) is 4. The van der Waals surface area contributed by atoms with Gasteiger partial charge in [-0.2, -0.15) is 0 Å². The third kappa shape index (κ3) is 4.05. The van der Waals surface area contributed by atoms with Crippen LogP contribution in [0.4, 0.5) is 5.69 Å². The van der Waals surface area contributed by atoms with E-state index in [1.807, 2.05) is 19.1 Å². The van der Waals surface area contributed by atoms with Crippen molar-refractivity contribution in [2.45, 2.75) is 6.92 Å². The average Bonchev–Trinajstić information content (AvgIpc) is 2.56. The first-order chi connectivity index (χ1) is 11.1. The van der Waals surface area contributed by atoms with E-state index < -0.39 is 0 Å². The molecular formula is C18H18ClNO3. The van der Waals surface area contributed by atoms with Gasteiger partial charge in [-0.15, -0.1) is 0 Å². The largest absolute Gasteiger partial charge is 0.497 e. The quantitative estimate of drug-likeness (QED) is 0.626. The van der Waals surface area contributed by atoms with E-state index in [0.717, 1.165) is 11.3 Å². The minimum Gasteiger partial charge on any atom is -0.497 e. The van der Waals surface area contributed by atoms with E-state index in [1.165, 1.54) is 13.2 Å². The number of anilines is 1. The van der Waals surface area contributed by atoms with E-state index in [4.69, 9.17) is 21.1 Å². The van der Waals surface area contributed by atoms with Gasteiger partial charge in [-0.05, 0) is 36.8 Å². The van der Waals surface area contributed by atoms with Gasteiger partial charge in [0.15, 0.2) is 5.78 Å². The zero-order valence-corrected chi connectivity index (χ0v) is 14.0. The summed E-state index contributed by atoms with van der Waals surface area (Å²) in [5.41, 5.74) is 2.20. The molecule has 1 N–H and O–H groups in total. The van der Waals surface area contributed by atoms with Crippen LogP contribution >= 0.6 is 11.6 Å². The van der Waals surface area contributed by atoms with E-state index in [-0.39, 0.29) is 5.78 Å². The van der Waals surface area contributed by atoms with Crippen molar-refractivity contribution in [3.05, 3.63) is 64.8 Å². The fraction of sp³-hybridized carbons (Fsp3) is 0.167. The summed E-state index contributed by atoms with van der Waals surface area (Å²) < 4.78 is 10.4. The lowest BCUT2D eigenvalue weighted by molar-refractivity contribution is 0.104. The summed E-state index contributed by atoms with van der Waals surface area (Å²) in [4.78, 5) is 12.4. The third-order valence-corrected chi connectivity index (χ3v) is 3.67. The summed E-state index contributed by atoms with van der Waals surface area (Å²) in [7, 11) is 3.07. The Morgan fingerprint density at radius 3 is 2.61 bits per heavy atom. The van der Waals surface area contributed by atoms with Crippen molar-refractivity contribution in [2.75, 3.05) is 19.5 Å². The van der Waals surface area contributed by atoms with Crippen molar-refractivity contribution in [1.29, 1.82) is 0 Å². The molecule has 0 aliphatic heterocycles. The number of rotatable bonds is 6. The van der Waals surface area contributed by atoms with Crippen molar-refractivity contribution in [2.24, 2.45) is 0 Å². The number of ether oxygens (including phenoxy) is 2. The lowest BCUT2D eigenvalue weighted by Crippen LogP contribution is -2.01. The molecule has 0 unspecified atom stereocenters. The second kappa shape index (κ2) is 7.70. The molecule has 0 bridgehead atoms. The molecule has 0 heterocycles. The molecule has 4 nitrogen and oxygen atoms in total. The molecule has 2 aromatic carbocycles. The van der Waals surface area contributed by atoms with Crippen LogP contribution in [0.3, 0.4) is 0 Å². The second-order valence-electron chi connectivity index (χ2n) is 4.84. The first kappa shape index (κ1) is 16.9. The van der Waals surface area contributed by atoms with Gasteiger partial charge in [0.25, 0.3) is 0 Å². The number of carbonyl (C=O) groups is 1. The first-order valence-electron chi connectivity index (χ1n) is 7.01. The molecule has 0 atom stereocenters. The summed E-state index contributed by atoms with van der Waals surface area (Å²) in [5, 5.41) is 3.64. The highest BCUT2D eigenvalue weighted by Gasteiger charge is 2.11. The van der Waals surface area contributed by atoms with Crippen LogP contribution in [0.2, 0.25) is 5.02 Å². The topological polar surface area (TPSA) is 47.6 Å². The predicted octanol–water partition coefficient (Wildman–Crippen LogP) is 4.47. The number of halogens is 1. The summed E-state index contributed by atoms with van der Waals surface area (Å²) in [6, 6.07) is 10.7. The van der Waals surface area contributed by atoms with E-state index in [9.17, 15) is 4.79 Å². The van der Waals surface area contributed by atoms with Crippen LogP contribution < -0.4 is 14.8 Å². The lowest BCUT2D eigenvalue weighted by Gasteiger charge is -2.09. The predicted molar refractivity (Wildman–Crippen MR) is 92.8 cm³/mol. The van der Waals surface area contributed by atoms with Gasteiger partial charge in [0.2, 0.25) is 0 Å². The number of ketones is 1. The molecule has 120 valence electrons. The lowest BCUT2D eigenvalue weighted by atomic mass is 10.1. The minimum atomic E-state index is -0.196. The van der Waals surface area contributed by atoms with Crippen LogP contribution in [0, 0.1) is 6.92 Å². The number of methoxy groups -OCH3 is 2. The zero-order valence-electron chi connectivity index (χ0n) is 13.2. The Balaban J connectivity index is 2.19. The molecule has 0 fully saturated rings. The number of allylic oxidation sites excluding steroid dienone is 1. The Morgan fingerprint density at radius 1 is 1.17 bits per heavy atom. The number of para-hydroxylation sites is 1. The maximum Gasteiger partial charge on any atom is 0.191 e. The molecule has 0 aliphatic carbocycles. The summed E-state index contributed by atoms with van der Waals surface area (Å²) >= 11 is 6.13. The van der Waals surface area contributed by atoms with Crippen molar-refractivity contribution in [3.63, 3.8) is 0 Å². The van der Waals surface area contributed by atoms with Gasteiger partial charge in [0.05, 0.1) is 30.5 Å². The van der Waals surface area contributed by atoms with E-state index in [1.54, 1.807) is 37.6 Å². The van der Waals surface area contributed by atoms with Gasteiger partial charge in [0.1, 0.15) is 11.5 Å². The van der Waals surface area contributed by atoms with Gasteiger partial charge in [-0.25, -0.2) is 0 Å². The maximum absolute atomic E-state index is 12.4. The molecule has 2 rings (SSSR count). The van der Waals surface area contributed by atoms with Gasteiger partial charge in [-0.3, -0.25) is 4.79 Å². The molecule has 0 aromatic heterocycles. The number of aryl methyl sites for hydroxylation is 1. The molecule has 5 heteroatoms. The molecule has 2 aromatic rings. The average molecular weight is 332 g/mol. The summed E-state index contributed by atoms with van der Waals surface area (Å²) in [5.74, 6) is 0.893. The van der Waals surface area contributed by atoms with Crippen molar-refractivity contribution >= 4 is 23.1 Å². The third-order valence-electron chi connectivity index (χ3n) is 3.36. The first-order valence-corrected chi connectivity index (χ1v) is 7.39. The number of hydrogen-bond donors (Lipinski definition) is 1. The summed E-state index contributed by atoms with van der Waals surface area (Å²) in [6.07, 6.45) is 3.00. The number of benzene rings is 2. The zero-order chi connectivity index (χ0) is 16.8. The Hall–Kier alpha value is -2.46. The fourth-order valence-corrected chi connectivity index (χ4v) is 2.39. The Kier molecular flexibility index (Phi) is 5.66. The van der Waals surface area contributed by atoms with Crippen molar-refractivity contribution in [1.82, 2.24) is 0 Å². The van der Waals surface area contributed by atoms with Gasteiger partial charge in [0, 0.05) is 12.3 Å². The minimum absolute atomic E-state index is 0.196. The normalized spacial score (nSPS) is 10.6. The van der Waals surface area contributed by atoms with Crippen molar-refractivity contribution < 1.29 is 14.3 Å². The Morgan fingerprint density at radius 2 is 1.96 bits per heavy atom. The SMILES string of the molecule is COc1ccc(OC)c(C(=O)C=CNc2c(C)cccc2Cl)c1. The molecule has 23 heavy (non-hydrogen) atoms. The van der Waals surface area contributed by atoms with Crippen LogP contribution in [0.15, 0.2) is 48.7 Å². The van der Waals surface area contributed by atoms with Crippen molar-refractivity contribution in [3.8, 4) is 11.5 Å². The van der Waals surface area contributed by atoms with Crippen LogP contribution in [0.25, 0.3) is 0 Å². The molecular weight excluding hydrogens is 314 g/mol. The van der Waals surface area contributed by atoms with E-state index in [0.29, 0.717) is 22.1 Å². The van der Waals surface area contributed by atoms with Crippen LogP contribution in [-0.2, 0) is 0 Å². The maximum atomic E-state index is 12.4. The molecule has 0 aliphatic rings. The van der Waals surface area contributed by atoms with Crippen LogP contribution in [-0.4, -0.2) is 20.0 Å². The number of carbonyl (C=O) groups excluding carboxylic acids is 1. The van der Waals surface area contributed by atoms with E-state index in [2.05, 4.69) is 5.32 Å². The molecule has 0 radical (unpaired) electrons. The van der Waals surface area contributed by atoms with Crippen LogP contribution in [0.5, 0.6) is 11.5 Å². The Bertz CT molecular complexity index is 721. The highest BCUT2D eigenvalue weighted by Crippen LogP contribution is 2.26.